The number of nitrogens with one attached hydrogen (secondary N) is 2. The third kappa shape index (κ3) is 1.48. The summed E-state index contributed by atoms with van der Waals surface area (Å²) in [7, 11) is 0. The highest BCUT2D eigenvalue weighted by molar-refractivity contribution is 5.90. The van der Waals surface area contributed by atoms with E-state index < -0.39 is 6.04 Å². The standard InChI is InChI=1S/C9H14N2O3/c1-2-14-9(13)7-5-3-4-6(10-5)8(12)11-7/h5-7,10H,2-4H2,1H3,(H,11,12)/t5-,6+,7+/m0/s1. The van der Waals surface area contributed by atoms with Gasteiger partial charge in [0.05, 0.1) is 12.6 Å². The van der Waals surface area contributed by atoms with Gasteiger partial charge in [0, 0.05) is 6.04 Å². The van der Waals surface area contributed by atoms with E-state index in [1.165, 1.54) is 0 Å². The van der Waals surface area contributed by atoms with E-state index in [-0.39, 0.29) is 24.0 Å². The van der Waals surface area contributed by atoms with Gasteiger partial charge in [-0.05, 0) is 19.8 Å². The summed E-state index contributed by atoms with van der Waals surface area (Å²) in [6.45, 7) is 2.11. The van der Waals surface area contributed by atoms with Crippen LogP contribution in [0.3, 0.4) is 0 Å². The topological polar surface area (TPSA) is 67.4 Å². The Kier molecular flexibility index (Phi) is 2.41. The number of ether oxygens (including phenoxy) is 1. The van der Waals surface area contributed by atoms with Gasteiger partial charge in [-0.2, -0.15) is 0 Å². The van der Waals surface area contributed by atoms with Gasteiger partial charge in [-0.25, -0.2) is 4.79 Å². The van der Waals surface area contributed by atoms with Crippen molar-refractivity contribution in [3.63, 3.8) is 0 Å². The van der Waals surface area contributed by atoms with Crippen molar-refractivity contribution in [3.8, 4) is 0 Å². The third-order valence-electron chi connectivity index (χ3n) is 2.74. The monoisotopic (exact) mass is 198 g/mol. The summed E-state index contributed by atoms with van der Waals surface area (Å²) >= 11 is 0. The van der Waals surface area contributed by atoms with Gasteiger partial charge in [-0.1, -0.05) is 0 Å². The van der Waals surface area contributed by atoms with E-state index in [1.807, 2.05) is 0 Å². The minimum absolute atomic E-state index is 0.0525. The molecule has 0 aromatic heterocycles. The van der Waals surface area contributed by atoms with Crippen molar-refractivity contribution in [1.29, 1.82) is 0 Å². The zero-order chi connectivity index (χ0) is 10.1. The van der Waals surface area contributed by atoms with Gasteiger partial charge in [-0.15, -0.1) is 0 Å². The number of esters is 1. The first-order valence-corrected chi connectivity index (χ1v) is 4.95. The molecule has 0 aromatic rings. The second-order valence-corrected chi connectivity index (χ2v) is 3.64. The van der Waals surface area contributed by atoms with E-state index in [0.29, 0.717) is 6.61 Å². The van der Waals surface area contributed by atoms with E-state index >= 15 is 0 Å². The number of rotatable bonds is 2. The van der Waals surface area contributed by atoms with Crippen LogP contribution in [0.25, 0.3) is 0 Å². The van der Waals surface area contributed by atoms with Crippen LogP contribution in [0.5, 0.6) is 0 Å². The van der Waals surface area contributed by atoms with E-state index in [9.17, 15) is 9.59 Å². The molecule has 2 bridgehead atoms. The van der Waals surface area contributed by atoms with Crippen LogP contribution in [0, 0.1) is 0 Å². The van der Waals surface area contributed by atoms with Gasteiger partial charge >= 0.3 is 5.97 Å². The van der Waals surface area contributed by atoms with Crippen molar-refractivity contribution in [2.24, 2.45) is 0 Å². The lowest BCUT2D eigenvalue weighted by Crippen LogP contribution is -2.62. The molecule has 0 saturated carbocycles. The zero-order valence-electron chi connectivity index (χ0n) is 8.08. The maximum atomic E-state index is 11.5. The maximum absolute atomic E-state index is 11.5. The molecule has 0 aromatic carbocycles. The Balaban J connectivity index is 2.05. The van der Waals surface area contributed by atoms with Gasteiger partial charge in [0.25, 0.3) is 0 Å². The van der Waals surface area contributed by atoms with Crippen LogP contribution in [0.4, 0.5) is 0 Å². The summed E-state index contributed by atoms with van der Waals surface area (Å²) in [5, 5.41) is 5.80. The summed E-state index contributed by atoms with van der Waals surface area (Å²) in [4.78, 5) is 22.8. The lowest BCUT2D eigenvalue weighted by molar-refractivity contribution is -0.149. The number of amides is 1. The summed E-state index contributed by atoms with van der Waals surface area (Å²) in [5.74, 6) is -0.421. The van der Waals surface area contributed by atoms with Gasteiger partial charge in [0.1, 0.15) is 6.04 Å². The molecule has 2 aliphatic heterocycles. The molecule has 2 N–H and O–H groups in total. The van der Waals surface area contributed by atoms with Crippen molar-refractivity contribution in [3.05, 3.63) is 0 Å². The molecule has 2 fully saturated rings. The SMILES string of the molecule is CCOC(=O)[C@@H]1NC(=O)[C@H]2CC[C@@H]1N2. The first kappa shape index (κ1) is 9.45. The molecule has 3 atom stereocenters. The van der Waals surface area contributed by atoms with Crippen LogP contribution in [0.15, 0.2) is 0 Å². The molecule has 2 aliphatic rings. The minimum Gasteiger partial charge on any atom is -0.464 e. The molecule has 78 valence electrons. The van der Waals surface area contributed by atoms with Crippen molar-refractivity contribution in [2.75, 3.05) is 6.61 Å². The Morgan fingerprint density at radius 1 is 1.57 bits per heavy atom. The van der Waals surface area contributed by atoms with Crippen molar-refractivity contribution in [2.45, 2.75) is 37.9 Å². The van der Waals surface area contributed by atoms with E-state index in [1.54, 1.807) is 6.92 Å². The number of carbonyl (C=O) groups excluding carboxylic acids is 2. The normalized spacial score (nSPS) is 35.2. The smallest absolute Gasteiger partial charge is 0.330 e. The van der Waals surface area contributed by atoms with Crippen molar-refractivity contribution >= 4 is 11.9 Å². The first-order valence-electron chi connectivity index (χ1n) is 4.95. The zero-order valence-corrected chi connectivity index (χ0v) is 8.08. The molecular formula is C9H14N2O3. The Morgan fingerprint density at radius 3 is 3.07 bits per heavy atom. The molecular weight excluding hydrogens is 184 g/mol. The third-order valence-corrected chi connectivity index (χ3v) is 2.74. The second kappa shape index (κ2) is 3.57. The number of hydrogen-bond acceptors (Lipinski definition) is 4. The molecule has 5 heteroatoms. The summed E-state index contributed by atoms with van der Waals surface area (Å²) in [6, 6.07) is -0.552. The molecule has 2 rings (SSSR count). The highest BCUT2D eigenvalue weighted by atomic mass is 16.5. The predicted molar refractivity (Wildman–Crippen MR) is 48.5 cm³/mol. The average Bonchev–Trinajstić information content (AvgIpc) is 2.57. The Bertz CT molecular complexity index is 267. The molecule has 0 radical (unpaired) electrons. The molecule has 5 nitrogen and oxygen atoms in total. The number of hydrogen-bond donors (Lipinski definition) is 2. The van der Waals surface area contributed by atoms with Crippen LogP contribution in [-0.4, -0.2) is 36.6 Å². The minimum atomic E-state index is -0.499. The maximum Gasteiger partial charge on any atom is 0.330 e. The second-order valence-electron chi connectivity index (χ2n) is 3.64. The molecule has 0 aliphatic carbocycles. The Hall–Kier alpha value is -1.10. The molecule has 14 heavy (non-hydrogen) atoms. The van der Waals surface area contributed by atoms with Gasteiger partial charge < -0.3 is 15.4 Å². The van der Waals surface area contributed by atoms with E-state index in [2.05, 4.69) is 10.6 Å². The van der Waals surface area contributed by atoms with Gasteiger partial charge in [0.2, 0.25) is 5.91 Å². The molecule has 1 amide bonds. The predicted octanol–water partition coefficient (Wildman–Crippen LogP) is -0.831. The van der Waals surface area contributed by atoms with Crippen LogP contribution in [0.1, 0.15) is 19.8 Å². The Labute approximate surface area is 82.2 Å². The fourth-order valence-electron chi connectivity index (χ4n) is 2.05. The van der Waals surface area contributed by atoms with Crippen molar-refractivity contribution < 1.29 is 14.3 Å². The highest BCUT2D eigenvalue weighted by Gasteiger charge is 2.43. The lowest BCUT2D eigenvalue weighted by atomic mass is 10.1. The largest absolute Gasteiger partial charge is 0.464 e. The number of fused-ring (bicyclic) bond motifs is 2. The average molecular weight is 198 g/mol. The Morgan fingerprint density at radius 2 is 2.36 bits per heavy atom. The molecule has 0 spiro atoms. The highest BCUT2D eigenvalue weighted by Crippen LogP contribution is 2.20. The molecule has 2 saturated heterocycles. The van der Waals surface area contributed by atoms with Gasteiger partial charge in [0.15, 0.2) is 0 Å². The van der Waals surface area contributed by atoms with Crippen LogP contribution in [-0.2, 0) is 14.3 Å². The molecule has 0 unspecified atom stereocenters. The number of carbonyl (C=O) groups is 2. The summed E-state index contributed by atoms with van der Waals surface area (Å²) in [6.07, 6.45) is 1.67. The van der Waals surface area contributed by atoms with Crippen LogP contribution < -0.4 is 10.6 Å². The number of piperazine rings is 1. The fourth-order valence-corrected chi connectivity index (χ4v) is 2.05. The van der Waals surface area contributed by atoms with Crippen LogP contribution >= 0.6 is 0 Å². The summed E-state index contributed by atoms with van der Waals surface area (Å²) in [5.41, 5.74) is 0. The van der Waals surface area contributed by atoms with E-state index in [4.69, 9.17) is 4.74 Å². The lowest BCUT2D eigenvalue weighted by Gasteiger charge is -2.28. The van der Waals surface area contributed by atoms with E-state index in [0.717, 1.165) is 12.8 Å². The van der Waals surface area contributed by atoms with Crippen molar-refractivity contribution in [1.82, 2.24) is 10.6 Å². The molecule has 2 heterocycles. The fraction of sp³-hybridized carbons (Fsp3) is 0.778. The summed E-state index contributed by atoms with van der Waals surface area (Å²) < 4.78 is 4.89. The first-order chi connectivity index (χ1) is 6.72. The van der Waals surface area contributed by atoms with Gasteiger partial charge in [-0.3, -0.25) is 4.79 Å². The quantitative estimate of drug-likeness (QED) is 0.568. The van der Waals surface area contributed by atoms with Crippen LogP contribution in [0.2, 0.25) is 0 Å².